The van der Waals surface area contributed by atoms with Crippen LogP contribution in [0.4, 0.5) is 11.4 Å². The first-order chi connectivity index (χ1) is 14.6. The average Bonchev–Trinajstić information content (AvgIpc) is 3.15. The number of fused-ring (bicyclic) bond motifs is 3. The van der Waals surface area contributed by atoms with Gasteiger partial charge < -0.3 is 10.5 Å². The average molecular weight is 405 g/mol. The van der Waals surface area contributed by atoms with Crippen molar-refractivity contribution in [3.63, 3.8) is 0 Å². The predicted molar refractivity (Wildman–Crippen MR) is 112 cm³/mol. The molecule has 1 aliphatic carbocycles. The highest BCUT2D eigenvalue weighted by Crippen LogP contribution is 2.51. The molecule has 2 aromatic heterocycles. The molecule has 1 atom stereocenters. The van der Waals surface area contributed by atoms with Crippen molar-refractivity contribution in [2.75, 3.05) is 5.73 Å². The molecule has 8 nitrogen and oxygen atoms in total. The Hall–Kier alpha value is -3.42. The number of anilines is 1. The molecule has 5 rings (SSSR count). The van der Waals surface area contributed by atoms with Gasteiger partial charge in [0.15, 0.2) is 0 Å². The van der Waals surface area contributed by atoms with E-state index in [4.69, 9.17) is 15.5 Å². The lowest BCUT2D eigenvalue weighted by atomic mass is 9.80. The van der Waals surface area contributed by atoms with Crippen molar-refractivity contribution >= 4 is 11.4 Å². The summed E-state index contributed by atoms with van der Waals surface area (Å²) in [5.41, 5.74) is 13.3. The molecule has 30 heavy (non-hydrogen) atoms. The maximum atomic E-state index is 11.1. The number of nitrogens with zero attached hydrogens (tertiary/aromatic N) is 3. The first-order valence-electron chi connectivity index (χ1n) is 10.4. The van der Waals surface area contributed by atoms with E-state index < -0.39 is 0 Å². The summed E-state index contributed by atoms with van der Waals surface area (Å²) in [6, 6.07) is 6.66. The summed E-state index contributed by atoms with van der Waals surface area (Å²) < 4.78 is 6.12. The number of pyridine rings is 1. The molecule has 154 valence electrons. The highest BCUT2D eigenvalue weighted by atomic mass is 16.6. The highest BCUT2D eigenvalue weighted by molar-refractivity contribution is 5.69. The van der Waals surface area contributed by atoms with Crippen molar-refractivity contribution in [2.24, 2.45) is 0 Å². The predicted octanol–water partition coefficient (Wildman–Crippen LogP) is 4.41. The maximum absolute atomic E-state index is 11.1. The standard InChI is InChI=1S/C22H23N5O3/c1-2-5-16-18-17(12-8-10-13(11-9-12)27(28)29)19-20(23)14-6-3-4-7-15(14)24-21(19)30-22(18)26-25-16/h8-11,17H,2-7H2,1H3,(H2,23,24)(H,25,26). The number of nitro groups is 1. The summed E-state index contributed by atoms with van der Waals surface area (Å²) in [6.45, 7) is 2.11. The van der Waals surface area contributed by atoms with E-state index in [0.717, 1.165) is 77.9 Å². The zero-order valence-corrected chi connectivity index (χ0v) is 16.8. The molecule has 0 saturated heterocycles. The van der Waals surface area contributed by atoms with Crippen LogP contribution >= 0.6 is 0 Å². The molecule has 2 aliphatic rings. The van der Waals surface area contributed by atoms with Crippen LogP contribution in [0.2, 0.25) is 0 Å². The number of aromatic nitrogens is 3. The van der Waals surface area contributed by atoms with Crippen molar-refractivity contribution < 1.29 is 9.66 Å². The number of aromatic amines is 1. The lowest BCUT2D eigenvalue weighted by Crippen LogP contribution is -2.19. The van der Waals surface area contributed by atoms with E-state index in [-0.39, 0.29) is 16.5 Å². The molecule has 3 heterocycles. The van der Waals surface area contributed by atoms with Gasteiger partial charge in [-0.3, -0.25) is 15.2 Å². The number of rotatable bonds is 4. The number of hydrogen-bond acceptors (Lipinski definition) is 6. The van der Waals surface area contributed by atoms with Gasteiger partial charge in [-0.25, -0.2) is 4.98 Å². The fourth-order valence-corrected chi connectivity index (χ4v) is 4.66. The molecular weight excluding hydrogens is 382 g/mol. The molecule has 0 bridgehead atoms. The maximum Gasteiger partial charge on any atom is 0.269 e. The monoisotopic (exact) mass is 405 g/mol. The van der Waals surface area contributed by atoms with E-state index >= 15 is 0 Å². The van der Waals surface area contributed by atoms with E-state index in [1.165, 1.54) is 12.1 Å². The molecule has 0 amide bonds. The number of aryl methyl sites for hydroxylation is 2. The SMILES string of the molecule is CCCc1[nH]nc2c1C(c1ccc([N+](=O)[O-])cc1)c1c(nc3c(c1N)CCCC3)O2. The van der Waals surface area contributed by atoms with E-state index in [1.54, 1.807) is 12.1 Å². The number of hydrogen-bond donors (Lipinski definition) is 2. The van der Waals surface area contributed by atoms with Gasteiger partial charge in [-0.15, -0.1) is 5.10 Å². The Balaban J connectivity index is 1.73. The summed E-state index contributed by atoms with van der Waals surface area (Å²) in [6.07, 6.45) is 5.77. The van der Waals surface area contributed by atoms with E-state index in [2.05, 4.69) is 17.1 Å². The summed E-state index contributed by atoms with van der Waals surface area (Å²) in [7, 11) is 0. The molecule has 1 aromatic carbocycles. The third kappa shape index (κ3) is 2.82. The molecular formula is C22H23N5O3. The van der Waals surface area contributed by atoms with Gasteiger partial charge in [0.05, 0.1) is 10.5 Å². The lowest BCUT2D eigenvalue weighted by molar-refractivity contribution is -0.384. The summed E-state index contributed by atoms with van der Waals surface area (Å²) in [4.78, 5) is 15.6. The van der Waals surface area contributed by atoms with Crippen LogP contribution < -0.4 is 10.5 Å². The summed E-state index contributed by atoms with van der Waals surface area (Å²) in [5, 5.41) is 18.7. The van der Waals surface area contributed by atoms with Crippen LogP contribution in [-0.4, -0.2) is 20.1 Å². The van der Waals surface area contributed by atoms with Gasteiger partial charge >= 0.3 is 0 Å². The largest absolute Gasteiger partial charge is 0.418 e. The Morgan fingerprint density at radius 2 is 1.97 bits per heavy atom. The van der Waals surface area contributed by atoms with E-state index in [0.29, 0.717) is 11.8 Å². The van der Waals surface area contributed by atoms with Crippen LogP contribution in [-0.2, 0) is 19.3 Å². The van der Waals surface area contributed by atoms with Gasteiger partial charge in [0.2, 0.25) is 11.8 Å². The summed E-state index contributed by atoms with van der Waals surface area (Å²) in [5.74, 6) is 0.778. The minimum absolute atomic E-state index is 0.0590. The fourth-order valence-electron chi connectivity index (χ4n) is 4.66. The first kappa shape index (κ1) is 18.6. The van der Waals surface area contributed by atoms with Gasteiger partial charge in [-0.2, -0.15) is 0 Å². The molecule has 0 saturated carbocycles. The second-order valence-corrected chi connectivity index (χ2v) is 7.93. The second kappa shape index (κ2) is 7.12. The minimum atomic E-state index is -0.389. The third-order valence-electron chi connectivity index (χ3n) is 6.08. The highest BCUT2D eigenvalue weighted by Gasteiger charge is 2.37. The molecule has 1 unspecified atom stereocenters. The number of nitro benzene ring substituents is 1. The van der Waals surface area contributed by atoms with Crippen molar-refractivity contribution in [1.82, 2.24) is 15.2 Å². The topological polar surface area (TPSA) is 120 Å². The Morgan fingerprint density at radius 1 is 1.20 bits per heavy atom. The number of nitrogens with one attached hydrogen (secondary N) is 1. The molecule has 0 fully saturated rings. The van der Waals surface area contributed by atoms with Crippen LogP contribution in [0, 0.1) is 10.1 Å². The number of nitrogen functional groups attached to an aromatic ring is 1. The van der Waals surface area contributed by atoms with Gasteiger partial charge in [-0.05, 0) is 43.2 Å². The summed E-state index contributed by atoms with van der Waals surface area (Å²) >= 11 is 0. The number of benzene rings is 1. The van der Waals surface area contributed by atoms with Gasteiger partial charge in [0, 0.05) is 40.7 Å². The van der Waals surface area contributed by atoms with Gasteiger partial charge in [0.25, 0.3) is 5.69 Å². The fraction of sp³-hybridized carbons (Fsp3) is 0.364. The number of H-pyrrole nitrogens is 1. The number of non-ortho nitro benzene ring substituents is 1. The zero-order valence-electron chi connectivity index (χ0n) is 16.8. The minimum Gasteiger partial charge on any atom is -0.418 e. The number of nitrogens with two attached hydrogens (primary N) is 1. The van der Waals surface area contributed by atoms with Crippen molar-refractivity contribution in [2.45, 2.75) is 51.4 Å². The van der Waals surface area contributed by atoms with Gasteiger partial charge in [0.1, 0.15) is 0 Å². The second-order valence-electron chi connectivity index (χ2n) is 7.93. The van der Waals surface area contributed by atoms with Crippen molar-refractivity contribution in [1.29, 1.82) is 0 Å². The third-order valence-corrected chi connectivity index (χ3v) is 6.08. The Bertz CT molecular complexity index is 1140. The van der Waals surface area contributed by atoms with Crippen molar-refractivity contribution in [3.05, 3.63) is 68.0 Å². The Kier molecular flexibility index (Phi) is 4.42. The molecule has 1 aliphatic heterocycles. The van der Waals surface area contributed by atoms with E-state index in [1.807, 2.05) is 0 Å². The van der Waals surface area contributed by atoms with Crippen LogP contribution in [0.3, 0.4) is 0 Å². The smallest absolute Gasteiger partial charge is 0.269 e. The van der Waals surface area contributed by atoms with Gasteiger partial charge in [-0.1, -0.05) is 25.5 Å². The zero-order chi connectivity index (χ0) is 20.8. The van der Waals surface area contributed by atoms with Crippen LogP contribution in [0.25, 0.3) is 0 Å². The first-order valence-corrected chi connectivity index (χ1v) is 10.4. The van der Waals surface area contributed by atoms with Crippen LogP contribution in [0.5, 0.6) is 11.8 Å². The quantitative estimate of drug-likeness (QED) is 0.383. The normalized spacial score (nSPS) is 16.9. The number of ether oxygens (including phenoxy) is 1. The van der Waals surface area contributed by atoms with Crippen molar-refractivity contribution in [3.8, 4) is 11.8 Å². The lowest BCUT2D eigenvalue weighted by Gasteiger charge is -2.30. The molecule has 3 N–H and O–H groups in total. The van der Waals surface area contributed by atoms with Crippen LogP contribution in [0.15, 0.2) is 24.3 Å². The van der Waals surface area contributed by atoms with E-state index in [9.17, 15) is 10.1 Å². The Morgan fingerprint density at radius 3 is 2.70 bits per heavy atom. The molecule has 3 aromatic rings. The molecule has 0 spiro atoms. The molecule has 0 radical (unpaired) electrons. The molecule has 8 heteroatoms. The van der Waals surface area contributed by atoms with Crippen LogP contribution in [0.1, 0.15) is 65.7 Å². The Labute approximate surface area is 173 Å².